The normalized spacial score (nSPS) is 17.8. The van der Waals surface area contributed by atoms with Crippen LogP contribution in [0.5, 0.6) is 5.75 Å². The molecule has 0 bridgehead atoms. The van der Waals surface area contributed by atoms with Crippen molar-refractivity contribution in [1.29, 1.82) is 0 Å². The van der Waals surface area contributed by atoms with Crippen LogP contribution in [-0.4, -0.2) is 20.3 Å². The first-order valence-electron chi connectivity index (χ1n) is 9.59. The van der Waals surface area contributed by atoms with Crippen LogP contribution in [0, 0.1) is 5.41 Å². The van der Waals surface area contributed by atoms with Gasteiger partial charge in [0, 0.05) is 23.5 Å². The molecule has 0 N–H and O–H groups in total. The van der Waals surface area contributed by atoms with Crippen molar-refractivity contribution in [2.45, 2.75) is 20.3 Å². The van der Waals surface area contributed by atoms with E-state index < -0.39 is 7.60 Å². The Morgan fingerprint density at radius 2 is 1.66 bits per heavy atom. The van der Waals surface area contributed by atoms with E-state index >= 15 is 0 Å². The Labute approximate surface area is 171 Å². The second-order valence-electron chi connectivity index (χ2n) is 8.02. The van der Waals surface area contributed by atoms with E-state index in [0.29, 0.717) is 19.6 Å². The van der Waals surface area contributed by atoms with Crippen molar-refractivity contribution >= 4 is 13.1 Å². The first-order valence-corrected chi connectivity index (χ1v) is 11.1. The molecule has 4 rings (SSSR count). The van der Waals surface area contributed by atoms with Crippen molar-refractivity contribution in [2.24, 2.45) is 5.41 Å². The third-order valence-corrected chi connectivity index (χ3v) is 6.62. The average Bonchev–Trinajstić information content (AvgIpc) is 3.16. The van der Waals surface area contributed by atoms with E-state index in [2.05, 4.69) is 0 Å². The number of hydrogen-bond acceptors (Lipinski definition) is 5. The topological polar surface area (TPSA) is 57.9 Å². The first-order chi connectivity index (χ1) is 13.9. The molecule has 0 unspecified atom stereocenters. The first kappa shape index (κ1) is 20.0. The molecule has 5 nitrogen and oxygen atoms in total. The largest absolute Gasteiger partial charge is 0.497 e. The molecule has 29 heavy (non-hydrogen) atoms. The minimum atomic E-state index is -3.48. The molecule has 2 aromatic carbocycles. The smallest absolute Gasteiger partial charge is 0.396 e. The molecule has 152 valence electrons. The van der Waals surface area contributed by atoms with Crippen molar-refractivity contribution in [1.82, 2.24) is 0 Å². The summed E-state index contributed by atoms with van der Waals surface area (Å²) in [5, 5.41) is 0. The second kappa shape index (κ2) is 7.83. The van der Waals surface area contributed by atoms with E-state index in [1.165, 1.54) is 0 Å². The zero-order chi connectivity index (χ0) is 20.5. The number of benzene rings is 2. The summed E-state index contributed by atoms with van der Waals surface area (Å²) in [4.78, 5) is 0. The highest BCUT2D eigenvalue weighted by atomic mass is 31.2. The van der Waals surface area contributed by atoms with Crippen LogP contribution in [-0.2, 0) is 20.0 Å². The van der Waals surface area contributed by atoms with Gasteiger partial charge in [-0.15, -0.1) is 0 Å². The van der Waals surface area contributed by atoms with Crippen LogP contribution < -0.4 is 10.2 Å². The van der Waals surface area contributed by atoms with Crippen LogP contribution in [0.1, 0.15) is 25.2 Å². The molecule has 0 spiro atoms. The summed E-state index contributed by atoms with van der Waals surface area (Å²) in [6, 6.07) is 19.5. The average molecular weight is 412 g/mol. The van der Waals surface area contributed by atoms with E-state index in [0.717, 1.165) is 28.2 Å². The predicted molar refractivity (Wildman–Crippen MR) is 113 cm³/mol. The van der Waals surface area contributed by atoms with Gasteiger partial charge in [0.25, 0.3) is 0 Å². The highest BCUT2D eigenvalue weighted by Gasteiger charge is 2.41. The van der Waals surface area contributed by atoms with Gasteiger partial charge >= 0.3 is 7.60 Å². The highest BCUT2D eigenvalue weighted by Crippen LogP contribution is 2.53. The number of hydrogen-bond donors (Lipinski definition) is 0. The standard InChI is InChI=1S/C23H25O5P/c1-23(2)15-26-29(24,27-16-23)22-14-20(18-9-11-19(25-3)12-10-18)21(28-22)13-17-7-5-4-6-8-17/h4-12,14H,13,15-16H2,1-3H3. The number of furan rings is 1. The Balaban J connectivity index is 1.73. The lowest BCUT2D eigenvalue weighted by Gasteiger charge is -2.32. The van der Waals surface area contributed by atoms with Gasteiger partial charge in [-0.3, -0.25) is 4.57 Å². The molecule has 1 aliphatic rings. The Morgan fingerprint density at radius 3 is 2.28 bits per heavy atom. The summed E-state index contributed by atoms with van der Waals surface area (Å²) in [6.07, 6.45) is 0.577. The maximum atomic E-state index is 13.3. The van der Waals surface area contributed by atoms with E-state index in [-0.39, 0.29) is 10.9 Å². The van der Waals surface area contributed by atoms with Gasteiger partial charge in [-0.2, -0.15) is 0 Å². The molecule has 1 fully saturated rings. The quantitative estimate of drug-likeness (QED) is 0.523. The zero-order valence-electron chi connectivity index (χ0n) is 16.9. The van der Waals surface area contributed by atoms with Gasteiger partial charge in [-0.1, -0.05) is 56.3 Å². The summed E-state index contributed by atoms with van der Waals surface area (Å²) in [5.41, 5.74) is 3.01. The third kappa shape index (κ3) is 4.32. The lowest BCUT2D eigenvalue weighted by molar-refractivity contribution is 0.0447. The number of ether oxygens (including phenoxy) is 1. The van der Waals surface area contributed by atoms with E-state index in [4.69, 9.17) is 18.2 Å². The van der Waals surface area contributed by atoms with Gasteiger partial charge in [0.15, 0.2) is 0 Å². The molecule has 2 heterocycles. The van der Waals surface area contributed by atoms with Crippen LogP contribution in [0.2, 0.25) is 0 Å². The maximum absolute atomic E-state index is 13.3. The maximum Gasteiger partial charge on any atom is 0.396 e. The third-order valence-electron chi connectivity index (χ3n) is 4.92. The Bertz CT molecular complexity index is 1010. The highest BCUT2D eigenvalue weighted by molar-refractivity contribution is 7.61. The molecule has 1 aliphatic heterocycles. The predicted octanol–water partition coefficient (Wildman–Crippen LogP) is 5.44. The fourth-order valence-electron chi connectivity index (χ4n) is 3.20. The molecule has 0 saturated carbocycles. The summed E-state index contributed by atoms with van der Waals surface area (Å²) in [6.45, 7) is 4.75. The summed E-state index contributed by atoms with van der Waals surface area (Å²) < 4.78 is 36.0. The second-order valence-corrected chi connectivity index (χ2v) is 9.97. The molecular weight excluding hydrogens is 387 g/mol. The van der Waals surface area contributed by atoms with Gasteiger partial charge in [-0.25, -0.2) is 0 Å². The van der Waals surface area contributed by atoms with Crippen LogP contribution in [0.15, 0.2) is 65.1 Å². The summed E-state index contributed by atoms with van der Waals surface area (Å²) in [5.74, 6) is 1.50. The van der Waals surface area contributed by atoms with Crippen LogP contribution in [0.3, 0.4) is 0 Å². The minimum Gasteiger partial charge on any atom is -0.497 e. The van der Waals surface area contributed by atoms with Crippen LogP contribution in [0.25, 0.3) is 11.1 Å². The van der Waals surface area contributed by atoms with Crippen molar-refractivity contribution in [3.63, 3.8) is 0 Å². The van der Waals surface area contributed by atoms with E-state index in [1.54, 1.807) is 13.2 Å². The number of methoxy groups -OCH3 is 1. The molecule has 1 saturated heterocycles. The lowest BCUT2D eigenvalue weighted by Crippen LogP contribution is -2.31. The van der Waals surface area contributed by atoms with Gasteiger partial charge in [0.2, 0.25) is 5.50 Å². The molecule has 0 amide bonds. The number of rotatable bonds is 5. The van der Waals surface area contributed by atoms with Gasteiger partial charge in [-0.05, 0) is 23.3 Å². The SMILES string of the molecule is COc1ccc(-c2cc(P3(=O)OCC(C)(C)CO3)oc2Cc2ccccc2)cc1. The van der Waals surface area contributed by atoms with E-state index in [9.17, 15) is 4.57 Å². The fraction of sp³-hybridized carbons (Fsp3) is 0.304. The molecular formula is C23H25O5P. The van der Waals surface area contributed by atoms with Gasteiger partial charge < -0.3 is 18.2 Å². The summed E-state index contributed by atoms with van der Waals surface area (Å²) >= 11 is 0. The monoisotopic (exact) mass is 412 g/mol. The Kier molecular flexibility index (Phi) is 5.39. The molecule has 0 atom stereocenters. The molecule has 0 aliphatic carbocycles. The molecule has 1 aromatic heterocycles. The fourth-order valence-corrected chi connectivity index (χ4v) is 5.08. The molecule has 0 radical (unpaired) electrons. The van der Waals surface area contributed by atoms with E-state index in [1.807, 2.05) is 68.4 Å². The van der Waals surface area contributed by atoms with Crippen molar-refractivity contribution in [3.8, 4) is 16.9 Å². The minimum absolute atomic E-state index is 0.174. The molecule has 6 heteroatoms. The molecule has 3 aromatic rings. The van der Waals surface area contributed by atoms with Crippen molar-refractivity contribution < 1.29 is 22.8 Å². The Hall–Kier alpha value is -2.33. The van der Waals surface area contributed by atoms with Crippen molar-refractivity contribution in [2.75, 3.05) is 20.3 Å². The van der Waals surface area contributed by atoms with Crippen LogP contribution in [0.4, 0.5) is 0 Å². The Morgan fingerprint density at radius 1 is 1.00 bits per heavy atom. The lowest BCUT2D eigenvalue weighted by atomic mass is 9.97. The van der Waals surface area contributed by atoms with Crippen molar-refractivity contribution in [3.05, 3.63) is 72.0 Å². The zero-order valence-corrected chi connectivity index (χ0v) is 17.8. The van der Waals surface area contributed by atoms with Gasteiger partial charge in [0.05, 0.1) is 20.3 Å². The van der Waals surface area contributed by atoms with Crippen LogP contribution >= 0.6 is 7.60 Å². The van der Waals surface area contributed by atoms with Gasteiger partial charge in [0.1, 0.15) is 11.5 Å². The summed E-state index contributed by atoms with van der Waals surface area (Å²) in [7, 11) is -1.85.